The summed E-state index contributed by atoms with van der Waals surface area (Å²) in [7, 11) is 4.71. The molecule has 0 saturated carbocycles. The fourth-order valence-electron chi connectivity index (χ4n) is 3.05. The number of nitrogens with one attached hydrogen (secondary N) is 1. The molecule has 1 unspecified atom stereocenters. The maximum atomic E-state index is 13.0. The van der Waals surface area contributed by atoms with Crippen molar-refractivity contribution in [2.75, 3.05) is 21.3 Å². The minimum Gasteiger partial charge on any atom is -0.493 e. The van der Waals surface area contributed by atoms with Gasteiger partial charge in [0, 0.05) is 25.0 Å². The van der Waals surface area contributed by atoms with Gasteiger partial charge in [0.25, 0.3) is 0 Å². The highest BCUT2D eigenvalue weighted by atomic mass is 35.5. The third-order valence-corrected chi connectivity index (χ3v) is 4.97. The molecule has 7 heteroatoms. The molecule has 0 bridgehead atoms. The molecule has 0 fully saturated rings. The summed E-state index contributed by atoms with van der Waals surface area (Å²) in [5, 5.41) is 3.20. The summed E-state index contributed by atoms with van der Waals surface area (Å²) in [4.78, 5) is 26.8. The fourth-order valence-corrected chi connectivity index (χ4v) is 3.27. The fraction of sp³-hybridized carbons (Fsp3) is 0.364. The molecule has 1 atom stereocenters. The Labute approximate surface area is 176 Å². The Morgan fingerprint density at radius 2 is 1.79 bits per heavy atom. The zero-order chi connectivity index (χ0) is 21.4. The minimum atomic E-state index is -0.600. The Kier molecular flexibility index (Phi) is 8.34. The number of benzene rings is 2. The molecule has 0 aliphatic heterocycles. The van der Waals surface area contributed by atoms with Crippen molar-refractivity contribution in [3.63, 3.8) is 0 Å². The van der Waals surface area contributed by atoms with E-state index in [4.69, 9.17) is 21.1 Å². The first-order valence-corrected chi connectivity index (χ1v) is 9.73. The number of methoxy groups -OCH3 is 2. The lowest BCUT2D eigenvalue weighted by atomic mass is 10.1. The predicted molar refractivity (Wildman–Crippen MR) is 113 cm³/mol. The van der Waals surface area contributed by atoms with Gasteiger partial charge in [-0.3, -0.25) is 9.59 Å². The Hall–Kier alpha value is -2.73. The number of hydrogen-bond donors (Lipinski definition) is 1. The average molecular weight is 419 g/mol. The minimum absolute atomic E-state index is 0.115. The lowest BCUT2D eigenvalue weighted by Crippen LogP contribution is -2.46. The van der Waals surface area contributed by atoms with Gasteiger partial charge in [0.1, 0.15) is 6.04 Å². The number of aryl methyl sites for hydroxylation is 1. The highest BCUT2D eigenvalue weighted by Gasteiger charge is 2.25. The van der Waals surface area contributed by atoms with E-state index in [-0.39, 0.29) is 18.2 Å². The summed E-state index contributed by atoms with van der Waals surface area (Å²) in [6, 6.07) is 12.3. The van der Waals surface area contributed by atoms with Crippen molar-refractivity contribution in [2.24, 2.45) is 0 Å². The molecule has 156 valence electrons. The van der Waals surface area contributed by atoms with E-state index in [0.29, 0.717) is 29.5 Å². The molecule has 2 amide bonds. The van der Waals surface area contributed by atoms with E-state index in [1.165, 1.54) is 0 Å². The lowest BCUT2D eigenvalue weighted by molar-refractivity contribution is -0.140. The van der Waals surface area contributed by atoms with Crippen LogP contribution >= 0.6 is 11.6 Å². The quantitative estimate of drug-likeness (QED) is 0.677. The molecule has 0 saturated heterocycles. The van der Waals surface area contributed by atoms with Gasteiger partial charge in [-0.2, -0.15) is 0 Å². The molecular weight excluding hydrogens is 392 g/mol. The van der Waals surface area contributed by atoms with Crippen molar-refractivity contribution in [3.8, 4) is 11.5 Å². The predicted octanol–water partition coefficient (Wildman–Crippen LogP) is 3.45. The highest BCUT2D eigenvalue weighted by Crippen LogP contribution is 2.28. The van der Waals surface area contributed by atoms with Crippen LogP contribution in [0.4, 0.5) is 0 Å². The van der Waals surface area contributed by atoms with Gasteiger partial charge < -0.3 is 19.7 Å². The van der Waals surface area contributed by atoms with Gasteiger partial charge in [0.2, 0.25) is 11.8 Å². The molecule has 0 radical (unpaired) electrons. The first-order valence-electron chi connectivity index (χ1n) is 9.36. The molecule has 2 aromatic rings. The zero-order valence-corrected chi connectivity index (χ0v) is 18.0. The van der Waals surface area contributed by atoms with Crippen molar-refractivity contribution >= 4 is 23.4 Å². The second kappa shape index (κ2) is 10.7. The molecule has 6 nitrogen and oxygen atoms in total. The van der Waals surface area contributed by atoms with Crippen LogP contribution in [-0.4, -0.2) is 44.0 Å². The summed E-state index contributed by atoms with van der Waals surface area (Å²) in [5.41, 5.74) is 1.82. The summed E-state index contributed by atoms with van der Waals surface area (Å²) >= 11 is 6.07. The maximum absolute atomic E-state index is 13.0. The van der Waals surface area contributed by atoms with Crippen molar-refractivity contribution in [2.45, 2.75) is 32.4 Å². The average Bonchev–Trinajstić information content (AvgIpc) is 2.74. The molecule has 2 rings (SSSR count). The van der Waals surface area contributed by atoms with E-state index in [9.17, 15) is 9.59 Å². The SMILES string of the molecule is CNC(=O)C(C)N(Cc1cccc(Cl)c1)C(=O)CCc1ccc(OC)c(OC)c1. The Bertz CT molecular complexity index is 856. The van der Waals surface area contributed by atoms with Gasteiger partial charge in [-0.25, -0.2) is 0 Å². The van der Waals surface area contributed by atoms with Crippen LogP contribution in [0.1, 0.15) is 24.5 Å². The number of nitrogens with zero attached hydrogens (tertiary/aromatic N) is 1. The van der Waals surface area contributed by atoms with E-state index in [2.05, 4.69) is 5.32 Å². The molecule has 0 aliphatic carbocycles. The molecule has 2 aromatic carbocycles. The van der Waals surface area contributed by atoms with Gasteiger partial charge in [0.15, 0.2) is 11.5 Å². The second-order valence-corrected chi connectivity index (χ2v) is 7.07. The van der Waals surface area contributed by atoms with E-state index >= 15 is 0 Å². The third-order valence-electron chi connectivity index (χ3n) is 4.73. The first kappa shape index (κ1) is 22.6. The van der Waals surface area contributed by atoms with E-state index in [1.807, 2.05) is 30.3 Å². The van der Waals surface area contributed by atoms with Crippen LogP contribution in [0.15, 0.2) is 42.5 Å². The van der Waals surface area contributed by atoms with Crippen LogP contribution < -0.4 is 14.8 Å². The van der Waals surface area contributed by atoms with Crippen LogP contribution in [0.2, 0.25) is 5.02 Å². The Morgan fingerprint density at radius 1 is 1.07 bits per heavy atom. The van der Waals surface area contributed by atoms with Gasteiger partial charge in [-0.1, -0.05) is 29.8 Å². The normalized spacial score (nSPS) is 11.5. The largest absolute Gasteiger partial charge is 0.493 e. The molecule has 29 heavy (non-hydrogen) atoms. The smallest absolute Gasteiger partial charge is 0.242 e. The first-order chi connectivity index (χ1) is 13.9. The van der Waals surface area contributed by atoms with Gasteiger partial charge in [-0.05, 0) is 48.7 Å². The number of carbonyl (C=O) groups is 2. The number of carbonyl (C=O) groups excluding carboxylic acids is 2. The Morgan fingerprint density at radius 3 is 2.41 bits per heavy atom. The number of halogens is 1. The van der Waals surface area contributed by atoms with Crippen LogP contribution in [-0.2, 0) is 22.6 Å². The highest BCUT2D eigenvalue weighted by molar-refractivity contribution is 6.30. The summed E-state index contributed by atoms with van der Waals surface area (Å²) < 4.78 is 10.6. The van der Waals surface area contributed by atoms with Crippen LogP contribution in [0, 0.1) is 0 Å². The summed E-state index contributed by atoms with van der Waals surface area (Å²) in [5.74, 6) is 0.924. The summed E-state index contributed by atoms with van der Waals surface area (Å²) in [6.45, 7) is 2.03. The van der Waals surface area contributed by atoms with Gasteiger partial charge in [-0.15, -0.1) is 0 Å². The van der Waals surface area contributed by atoms with Crippen molar-refractivity contribution in [1.29, 1.82) is 0 Å². The van der Waals surface area contributed by atoms with Crippen LogP contribution in [0.3, 0.4) is 0 Å². The monoisotopic (exact) mass is 418 g/mol. The van der Waals surface area contributed by atoms with Crippen LogP contribution in [0.5, 0.6) is 11.5 Å². The van der Waals surface area contributed by atoms with Crippen molar-refractivity contribution in [1.82, 2.24) is 10.2 Å². The summed E-state index contributed by atoms with van der Waals surface area (Å²) in [6.07, 6.45) is 0.781. The molecule has 0 aliphatic rings. The van der Waals surface area contributed by atoms with Crippen molar-refractivity contribution < 1.29 is 19.1 Å². The number of amides is 2. The molecule has 0 spiro atoms. The molecule has 0 heterocycles. The Balaban J connectivity index is 2.15. The topological polar surface area (TPSA) is 67.9 Å². The standard InChI is InChI=1S/C22H27ClN2O4/c1-15(22(27)24-2)25(14-17-6-5-7-18(23)12-17)21(26)11-9-16-8-10-19(28-3)20(13-16)29-4/h5-8,10,12-13,15H,9,11,14H2,1-4H3,(H,24,27). The van der Waals surface area contributed by atoms with E-state index in [1.54, 1.807) is 45.2 Å². The second-order valence-electron chi connectivity index (χ2n) is 6.63. The van der Waals surface area contributed by atoms with E-state index < -0.39 is 6.04 Å². The third kappa shape index (κ3) is 6.12. The zero-order valence-electron chi connectivity index (χ0n) is 17.2. The van der Waals surface area contributed by atoms with Gasteiger partial charge >= 0.3 is 0 Å². The molecular formula is C22H27ClN2O4. The number of hydrogen-bond acceptors (Lipinski definition) is 4. The van der Waals surface area contributed by atoms with Gasteiger partial charge in [0.05, 0.1) is 14.2 Å². The lowest BCUT2D eigenvalue weighted by Gasteiger charge is -2.28. The number of ether oxygens (including phenoxy) is 2. The number of rotatable bonds is 9. The van der Waals surface area contributed by atoms with E-state index in [0.717, 1.165) is 11.1 Å². The van der Waals surface area contributed by atoms with Crippen molar-refractivity contribution in [3.05, 3.63) is 58.6 Å². The van der Waals surface area contributed by atoms with Crippen LogP contribution in [0.25, 0.3) is 0 Å². The molecule has 1 N–H and O–H groups in total. The maximum Gasteiger partial charge on any atom is 0.242 e. The molecule has 0 aromatic heterocycles. The number of likely N-dealkylation sites (N-methyl/N-ethyl adjacent to an activating group) is 1.